The number of alkyl halides is 2. The molecule has 150 valence electrons. The number of aromatic nitrogens is 4. The Kier molecular flexibility index (Phi) is 5.07. The van der Waals surface area contributed by atoms with Crippen LogP contribution in [-0.2, 0) is 0 Å². The topological polar surface area (TPSA) is 74.1 Å². The summed E-state index contributed by atoms with van der Waals surface area (Å²) in [5.74, 6) is 0.180. The summed E-state index contributed by atoms with van der Waals surface area (Å²) < 4.78 is 50.1. The Morgan fingerprint density at radius 1 is 1.14 bits per heavy atom. The number of allylic oxidation sites excluding steroid dienone is 1. The van der Waals surface area contributed by atoms with Crippen LogP contribution in [0.25, 0.3) is 5.70 Å². The van der Waals surface area contributed by atoms with Crippen LogP contribution in [0.15, 0.2) is 48.5 Å². The monoisotopic (exact) mass is 403 g/mol. The molecule has 1 aliphatic rings. The number of fused-ring (bicyclic) bond motifs is 1. The molecule has 3 aromatic rings. The first-order chi connectivity index (χ1) is 14.0. The van der Waals surface area contributed by atoms with Gasteiger partial charge < -0.3 is 14.8 Å². The maximum absolute atomic E-state index is 13.3. The van der Waals surface area contributed by atoms with Crippen LogP contribution < -0.4 is 14.8 Å². The number of ether oxygens (including phenoxy) is 2. The van der Waals surface area contributed by atoms with Gasteiger partial charge in [0.25, 0.3) is 0 Å². The molecule has 4 rings (SSSR count). The molecule has 0 bridgehead atoms. The lowest BCUT2D eigenvalue weighted by atomic mass is 10.0. The maximum Gasteiger partial charge on any atom is 0.387 e. The van der Waals surface area contributed by atoms with Crippen molar-refractivity contribution >= 4 is 11.6 Å². The highest BCUT2D eigenvalue weighted by Gasteiger charge is 2.25. The fourth-order valence-corrected chi connectivity index (χ4v) is 3.06. The molecular weight excluding hydrogens is 387 g/mol. The van der Waals surface area contributed by atoms with Gasteiger partial charge in [0.1, 0.15) is 11.9 Å². The lowest BCUT2D eigenvalue weighted by molar-refractivity contribution is -0.0514. The summed E-state index contributed by atoms with van der Waals surface area (Å²) in [5.41, 5.74) is 2.13. The van der Waals surface area contributed by atoms with E-state index in [4.69, 9.17) is 4.74 Å². The summed E-state index contributed by atoms with van der Waals surface area (Å²) in [6, 6.07) is 10.2. The minimum absolute atomic E-state index is 0.0563. The summed E-state index contributed by atoms with van der Waals surface area (Å²) >= 11 is 0. The van der Waals surface area contributed by atoms with Crippen LogP contribution in [0, 0.1) is 5.82 Å². The smallest absolute Gasteiger partial charge is 0.387 e. The number of rotatable bonds is 6. The van der Waals surface area contributed by atoms with E-state index in [1.54, 1.807) is 35.9 Å². The van der Waals surface area contributed by atoms with Gasteiger partial charge in [-0.05, 0) is 71.0 Å². The van der Waals surface area contributed by atoms with E-state index in [1.165, 1.54) is 18.2 Å². The van der Waals surface area contributed by atoms with Gasteiger partial charge in [-0.3, -0.25) is 0 Å². The van der Waals surface area contributed by atoms with E-state index < -0.39 is 12.7 Å². The standard InChI is InChI=1S/C19H16F3N5O2/c1-2-28-17-9-12(5-8-16(17)29-18(21)22)15-10-14(11-3-6-13(20)7-4-11)23-19-24-25-26-27(15)19/h3-10,15,18H,2H2,1H3,(H,23,24,26)/t15-/m0/s1. The molecule has 0 spiro atoms. The van der Waals surface area contributed by atoms with Crippen molar-refractivity contribution in [2.45, 2.75) is 19.6 Å². The van der Waals surface area contributed by atoms with E-state index in [0.29, 0.717) is 17.2 Å². The van der Waals surface area contributed by atoms with Gasteiger partial charge in [-0.1, -0.05) is 11.2 Å². The molecule has 10 heteroatoms. The van der Waals surface area contributed by atoms with Crippen molar-refractivity contribution in [1.29, 1.82) is 0 Å². The van der Waals surface area contributed by atoms with Gasteiger partial charge in [0.2, 0.25) is 5.95 Å². The van der Waals surface area contributed by atoms with E-state index in [-0.39, 0.29) is 23.9 Å². The molecule has 29 heavy (non-hydrogen) atoms. The van der Waals surface area contributed by atoms with E-state index in [2.05, 4.69) is 25.6 Å². The highest BCUT2D eigenvalue weighted by atomic mass is 19.3. The van der Waals surface area contributed by atoms with Gasteiger partial charge >= 0.3 is 6.61 Å². The second-order valence-electron chi connectivity index (χ2n) is 6.12. The highest BCUT2D eigenvalue weighted by molar-refractivity contribution is 5.77. The van der Waals surface area contributed by atoms with Crippen LogP contribution in [-0.4, -0.2) is 33.4 Å². The van der Waals surface area contributed by atoms with E-state index in [0.717, 1.165) is 5.56 Å². The molecule has 0 amide bonds. The van der Waals surface area contributed by atoms with Crippen molar-refractivity contribution in [3.05, 3.63) is 65.5 Å². The van der Waals surface area contributed by atoms with Crippen LogP contribution in [0.3, 0.4) is 0 Å². The largest absolute Gasteiger partial charge is 0.490 e. The van der Waals surface area contributed by atoms with Crippen molar-refractivity contribution in [3.8, 4) is 11.5 Å². The van der Waals surface area contributed by atoms with Crippen molar-refractivity contribution in [1.82, 2.24) is 20.2 Å². The third-order valence-electron chi connectivity index (χ3n) is 4.31. The van der Waals surface area contributed by atoms with Gasteiger partial charge in [-0.2, -0.15) is 13.5 Å². The number of nitrogens with zero attached hydrogens (tertiary/aromatic N) is 4. The summed E-state index contributed by atoms with van der Waals surface area (Å²) in [7, 11) is 0. The number of benzene rings is 2. The lowest BCUT2D eigenvalue weighted by Crippen LogP contribution is -2.20. The Bertz CT molecular complexity index is 1040. The molecule has 1 N–H and O–H groups in total. The van der Waals surface area contributed by atoms with Gasteiger partial charge in [-0.15, -0.1) is 0 Å². The van der Waals surface area contributed by atoms with E-state index in [9.17, 15) is 13.2 Å². The molecule has 2 aromatic carbocycles. The molecule has 1 atom stereocenters. The third-order valence-corrected chi connectivity index (χ3v) is 4.31. The second-order valence-corrected chi connectivity index (χ2v) is 6.12. The maximum atomic E-state index is 13.3. The van der Waals surface area contributed by atoms with Gasteiger partial charge in [0.05, 0.1) is 6.61 Å². The van der Waals surface area contributed by atoms with E-state index >= 15 is 0 Å². The van der Waals surface area contributed by atoms with Crippen LogP contribution in [0.1, 0.15) is 24.1 Å². The molecule has 1 aromatic heterocycles. The van der Waals surface area contributed by atoms with Gasteiger partial charge in [0, 0.05) is 5.70 Å². The number of hydrogen-bond donors (Lipinski definition) is 1. The number of nitrogens with one attached hydrogen (secondary N) is 1. The number of anilines is 1. The lowest BCUT2D eigenvalue weighted by Gasteiger charge is -2.24. The average Bonchev–Trinajstić information content (AvgIpc) is 3.18. The molecule has 0 aliphatic carbocycles. The quantitative estimate of drug-likeness (QED) is 0.674. The van der Waals surface area contributed by atoms with Gasteiger partial charge in [0.15, 0.2) is 11.5 Å². The number of halogens is 3. The van der Waals surface area contributed by atoms with Crippen LogP contribution in [0.5, 0.6) is 11.5 Å². The summed E-state index contributed by atoms with van der Waals surface area (Å²) in [4.78, 5) is 0. The first-order valence-electron chi connectivity index (χ1n) is 8.79. The summed E-state index contributed by atoms with van der Waals surface area (Å²) in [5, 5.41) is 14.8. The minimum Gasteiger partial charge on any atom is -0.490 e. The zero-order chi connectivity index (χ0) is 20.4. The molecule has 2 heterocycles. The fourth-order valence-electron chi connectivity index (χ4n) is 3.06. The van der Waals surface area contributed by atoms with Crippen molar-refractivity contribution in [3.63, 3.8) is 0 Å². The van der Waals surface area contributed by atoms with Crippen molar-refractivity contribution in [2.24, 2.45) is 0 Å². The molecule has 0 unspecified atom stereocenters. The third kappa shape index (κ3) is 3.86. The zero-order valence-electron chi connectivity index (χ0n) is 15.2. The predicted octanol–water partition coefficient (Wildman–Crippen LogP) is 3.87. The fraction of sp³-hybridized carbons (Fsp3) is 0.211. The molecule has 1 aliphatic heterocycles. The summed E-state index contributed by atoms with van der Waals surface area (Å²) in [6.07, 6.45) is 1.86. The zero-order valence-corrected chi connectivity index (χ0v) is 15.2. The Morgan fingerprint density at radius 2 is 1.93 bits per heavy atom. The number of hydrogen-bond acceptors (Lipinski definition) is 6. The minimum atomic E-state index is -2.96. The van der Waals surface area contributed by atoms with E-state index in [1.807, 2.05) is 6.08 Å². The van der Waals surface area contributed by atoms with Crippen LogP contribution in [0.2, 0.25) is 0 Å². The Labute approximate surface area is 163 Å². The molecule has 0 saturated carbocycles. The molecule has 0 fully saturated rings. The van der Waals surface area contributed by atoms with Crippen molar-refractivity contribution < 1.29 is 22.6 Å². The first-order valence-corrected chi connectivity index (χ1v) is 8.79. The Hall–Kier alpha value is -3.56. The molecular formula is C19H16F3N5O2. The van der Waals surface area contributed by atoms with Crippen LogP contribution in [0.4, 0.5) is 19.1 Å². The van der Waals surface area contributed by atoms with Crippen LogP contribution >= 0.6 is 0 Å². The highest BCUT2D eigenvalue weighted by Crippen LogP contribution is 2.36. The Morgan fingerprint density at radius 3 is 2.66 bits per heavy atom. The van der Waals surface area contributed by atoms with Gasteiger partial charge in [-0.25, -0.2) is 4.39 Å². The van der Waals surface area contributed by atoms with Crippen molar-refractivity contribution in [2.75, 3.05) is 11.9 Å². The first kappa shape index (κ1) is 18.8. The normalized spacial score (nSPS) is 15.5. The average molecular weight is 403 g/mol. The molecule has 0 radical (unpaired) electrons. The molecule has 7 nitrogen and oxygen atoms in total. The summed E-state index contributed by atoms with van der Waals surface area (Å²) in [6.45, 7) is -0.938. The second kappa shape index (κ2) is 7.82. The molecule has 0 saturated heterocycles. The SMILES string of the molecule is CCOc1cc([C@@H]2C=C(c3ccc(F)cc3)Nc3nnnn32)ccc1OC(F)F. The Balaban J connectivity index is 1.76. The predicted molar refractivity (Wildman–Crippen MR) is 98.2 cm³/mol. The number of tetrazole rings is 1.